The van der Waals surface area contributed by atoms with Crippen LogP contribution in [0.3, 0.4) is 0 Å². The summed E-state index contributed by atoms with van der Waals surface area (Å²) >= 11 is 0. The lowest BCUT2D eigenvalue weighted by molar-refractivity contribution is 0.187. The van der Waals surface area contributed by atoms with Crippen LogP contribution in [0.5, 0.6) is 23.0 Å². The van der Waals surface area contributed by atoms with Crippen molar-refractivity contribution >= 4 is 28.7 Å². The number of ether oxygens (including phenoxy) is 5. The highest BCUT2D eigenvalue weighted by Crippen LogP contribution is 2.35. The first-order chi connectivity index (χ1) is 14.4. The average Bonchev–Trinajstić information content (AvgIpc) is 2.77. The molecule has 0 aliphatic rings. The van der Waals surface area contributed by atoms with Crippen LogP contribution >= 0.6 is 0 Å². The SMILES string of the molecule is COC(=O)Nc1cc(CS(=O)/C=C/c2c(OC)cc(OC)cc2OC)ccc1OC. The molecule has 1 N–H and O–H groups in total. The van der Waals surface area contributed by atoms with Crippen LogP contribution in [0.2, 0.25) is 0 Å². The van der Waals surface area contributed by atoms with E-state index in [0.717, 1.165) is 5.56 Å². The van der Waals surface area contributed by atoms with E-state index in [1.807, 2.05) is 0 Å². The van der Waals surface area contributed by atoms with Gasteiger partial charge in [0.2, 0.25) is 0 Å². The van der Waals surface area contributed by atoms with Crippen LogP contribution in [-0.4, -0.2) is 45.9 Å². The van der Waals surface area contributed by atoms with Crippen LogP contribution in [-0.2, 0) is 21.3 Å². The predicted molar refractivity (Wildman–Crippen MR) is 116 cm³/mol. The van der Waals surface area contributed by atoms with E-state index in [9.17, 15) is 9.00 Å². The third-order valence-corrected chi connectivity index (χ3v) is 5.19. The highest BCUT2D eigenvalue weighted by Gasteiger charge is 2.12. The van der Waals surface area contributed by atoms with E-state index in [0.29, 0.717) is 34.2 Å². The van der Waals surface area contributed by atoms with Crippen molar-refractivity contribution in [1.29, 1.82) is 0 Å². The van der Waals surface area contributed by atoms with Crippen molar-refractivity contribution < 1.29 is 32.7 Å². The standard InChI is InChI=1S/C21H25NO7S/c1-25-15-11-19(27-3)16(20(12-15)28-4)8-9-30(24)13-14-6-7-18(26-2)17(10-14)22-21(23)29-5/h6-12H,13H2,1-5H3,(H,22,23)/b9-8+. The molecule has 0 aliphatic carbocycles. The molecule has 0 spiro atoms. The maximum absolute atomic E-state index is 12.6. The van der Waals surface area contributed by atoms with Crippen LogP contribution in [0, 0.1) is 0 Å². The fraction of sp³-hybridized carbons (Fsp3) is 0.286. The van der Waals surface area contributed by atoms with Gasteiger partial charge in [-0.25, -0.2) is 4.79 Å². The van der Waals surface area contributed by atoms with Gasteiger partial charge >= 0.3 is 6.09 Å². The Labute approximate surface area is 178 Å². The summed E-state index contributed by atoms with van der Waals surface area (Å²) < 4.78 is 38.5. The summed E-state index contributed by atoms with van der Waals surface area (Å²) in [6.45, 7) is 0. The molecule has 1 amide bonds. The second kappa shape index (κ2) is 11.1. The molecule has 1 unspecified atom stereocenters. The van der Waals surface area contributed by atoms with Gasteiger partial charge in [-0.2, -0.15) is 0 Å². The first-order valence-electron chi connectivity index (χ1n) is 8.83. The van der Waals surface area contributed by atoms with Gasteiger partial charge < -0.3 is 23.7 Å². The Morgan fingerprint density at radius 3 is 2.10 bits per heavy atom. The molecule has 0 bridgehead atoms. The smallest absolute Gasteiger partial charge is 0.411 e. The summed E-state index contributed by atoms with van der Waals surface area (Å²) in [5, 5.41) is 4.14. The predicted octanol–water partition coefficient (Wildman–Crippen LogP) is 3.82. The highest BCUT2D eigenvalue weighted by molar-refractivity contribution is 7.87. The Bertz CT molecular complexity index is 918. The molecule has 2 rings (SSSR count). The van der Waals surface area contributed by atoms with E-state index in [2.05, 4.69) is 10.1 Å². The minimum atomic E-state index is -1.34. The summed E-state index contributed by atoms with van der Waals surface area (Å²) in [5.41, 5.74) is 1.83. The van der Waals surface area contributed by atoms with Crippen LogP contribution in [0.15, 0.2) is 35.7 Å². The number of amides is 1. The lowest BCUT2D eigenvalue weighted by Crippen LogP contribution is -2.12. The van der Waals surface area contributed by atoms with Gasteiger partial charge in [0.25, 0.3) is 0 Å². The van der Waals surface area contributed by atoms with Gasteiger partial charge in [-0.1, -0.05) is 6.07 Å². The number of hydrogen-bond acceptors (Lipinski definition) is 7. The Morgan fingerprint density at radius 2 is 1.57 bits per heavy atom. The van der Waals surface area contributed by atoms with Crippen LogP contribution in [0.1, 0.15) is 11.1 Å². The van der Waals surface area contributed by atoms with Crippen LogP contribution < -0.4 is 24.3 Å². The molecule has 0 radical (unpaired) electrons. The molecule has 0 aliphatic heterocycles. The molecule has 0 saturated carbocycles. The molecule has 1 atom stereocenters. The monoisotopic (exact) mass is 435 g/mol. The zero-order valence-electron chi connectivity index (χ0n) is 17.5. The largest absolute Gasteiger partial charge is 0.496 e. The van der Waals surface area contributed by atoms with Gasteiger partial charge in [-0.05, 0) is 23.8 Å². The van der Waals surface area contributed by atoms with Gasteiger partial charge in [0.1, 0.15) is 23.0 Å². The van der Waals surface area contributed by atoms with Crippen molar-refractivity contribution in [2.75, 3.05) is 40.9 Å². The Morgan fingerprint density at radius 1 is 0.933 bits per heavy atom. The summed E-state index contributed by atoms with van der Waals surface area (Å²) in [4.78, 5) is 11.5. The average molecular weight is 435 g/mol. The van der Waals surface area contributed by atoms with Crippen molar-refractivity contribution in [3.63, 3.8) is 0 Å². The molecule has 0 saturated heterocycles. The molecule has 9 heteroatoms. The number of anilines is 1. The van der Waals surface area contributed by atoms with Crippen molar-refractivity contribution in [3.05, 3.63) is 46.9 Å². The first kappa shape index (κ1) is 23.1. The zero-order chi connectivity index (χ0) is 22.1. The summed E-state index contributed by atoms with van der Waals surface area (Å²) in [6.07, 6.45) is 1.06. The molecule has 2 aromatic rings. The number of carbonyl (C=O) groups excluding carboxylic acids is 1. The normalized spacial score (nSPS) is 11.6. The molecular weight excluding hydrogens is 410 g/mol. The van der Waals surface area contributed by atoms with Crippen LogP contribution in [0.25, 0.3) is 6.08 Å². The van der Waals surface area contributed by atoms with E-state index in [-0.39, 0.29) is 5.75 Å². The van der Waals surface area contributed by atoms with Gasteiger partial charge in [0.15, 0.2) is 0 Å². The number of carbonyl (C=O) groups is 1. The molecular formula is C21H25NO7S. The number of hydrogen-bond donors (Lipinski definition) is 1. The van der Waals surface area contributed by atoms with Crippen molar-refractivity contribution in [3.8, 4) is 23.0 Å². The van der Waals surface area contributed by atoms with Crippen molar-refractivity contribution in [2.45, 2.75) is 5.75 Å². The quantitative estimate of drug-likeness (QED) is 0.640. The van der Waals surface area contributed by atoms with Crippen molar-refractivity contribution in [1.82, 2.24) is 0 Å². The molecule has 2 aromatic carbocycles. The third kappa shape index (κ3) is 5.90. The molecule has 8 nitrogen and oxygen atoms in total. The fourth-order valence-electron chi connectivity index (χ4n) is 2.66. The molecule has 0 fully saturated rings. The van der Waals surface area contributed by atoms with Gasteiger partial charge in [-0.15, -0.1) is 0 Å². The van der Waals surface area contributed by atoms with E-state index in [1.165, 1.54) is 28.4 Å². The molecule has 0 heterocycles. The van der Waals surface area contributed by atoms with Crippen molar-refractivity contribution in [2.24, 2.45) is 0 Å². The molecule has 162 valence electrons. The Hall–Kier alpha value is -3.20. The topological polar surface area (TPSA) is 92.3 Å². The lowest BCUT2D eigenvalue weighted by atomic mass is 10.1. The Balaban J connectivity index is 2.22. The van der Waals surface area contributed by atoms with Gasteiger partial charge in [-0.3, -0.25) is 9.53 Å². The van der Waals surface area contributed by atoms with E-state index < -0.39 is 16.9 Å². The minimum Gasteiger partial charge on any atom is -0.496 e. The van der Waals surface area contributed by atoms with Gasteiger partial charge in [0, 0.05) is 17.5 Å². The van der Waals surface area contributed by atoms with Crippen LogP contribution in [0.4, 0.5) is 10.5 Å². The third-order valence-electron chi connectivity index (χ3n) is 4.13. The number of benzene rings is 2. The van der Waals surface area contributed by atoms with E-state index >= 15 is 0 Å². The zero-order valence-corrected chi connectivity index (χ0v) is 18.3. The summed E-state index contributed by atoms with van der Waals surface area (Å²) in [6, 6.07) is 8.60. The second-order valence-corrected chi connectivity index (χ2v) is 7.25. The molecule has 0 aromatic heterocycles. The second-order valence-electron chi connectivity index (χ2n) is 5.92. The van der Waals surface area contributed by atoms with Gasteiger partial charge in [0.05, 0.1) is 63.4 Å². The Kier molecular flexibility index (Phi) is 8.54. The van der Waals surface area contributed by atoms with E-state index in [4.69, 9.17) is 18.9 Å². The number of nitrogens with one attached hydrogen (secondary N) is 1. The minimum absolute atomic E-state index is 0.233. The highest BCUT2D eigenvalue weighted by atomic mass is 32.2. The molecule has 30 heavy (non-hydrogen) atoms. The van der Waals surface area contributed by atoms with E-state index in [1.54, 1.807) is 48.9 Å². The summed E-state index contributed by atoms with van der Waals surface area (Å²) in [5.74, 6) is 2.36. The fourth-order valence-corrected chi connectivity index (χ4v) is 3.55. The number of rotatable bonds is 9. The summed E-state index contributed by atoms with van der Waals surface area (Å²) in [7, 11) is 6.05. The maximum atomic E-state index is 12.6. The first-order valence-corrected chi connectivity index (χ1v) is 10.2. The maximum Gasteiger partial charge on any atom is 0.411 e. The lowest BCUT2D eigenvalue weighted by Gasteiger charge is -2.12. The number of methoxy groups -OCH3 is 5.